The normalized spacial score (nSPS) is 14.2. The molecule has 1 aromatic rings. The molecule has 0 bridgehead atoms. The lowest BCUT2D eigenvalue weighted by Crippen LogP contribution is -2.26. The highest BCUT2D eigenvalue weighted by Crippen LogP contribution is 2.20. The number of allylic oxidation sites excluding steroid dienone is 1. The number of nitrogens with zero attached hydrogens (tertiary/aromatic N) is 1. The summed E-state index contributed by atoms with van der Waals surface area (Å²) in [7, 11) is 1.65. The number of anilines is 1. The quantitative estimate of drug-likeness (QED) is 0.542. The summed E-state index contributed by atoms with van der Waals surface area (Å²) in [5.41, 5.74) is 2.96. The third kappa shape index (κ3) is 6.40. The fourth-order valence-electron chi connectivity index (χ4n) is 2.64. The van der Waals surface area contributed by atoms with Gasteiger partial charge in [-0.25, -0.2) is 4.98 Å². The fourth-order valence-corrected chi connectivity index (χ4v) is 2.64. The van der Waals surface area contributed by atoms with Gasteiger partial charge in [-0.15, -0.1) is 0 Å². The molecule has 1 amide bonds. The maximum atomic E-state index is 11.9. The van der Waals surface area contributed by atoms with E-state index in [-0.39, 0.29) is 5.91 Å². The minimum absolute atomic E-state index is 0.139. The third-order valence-electron chi connectivity index (χ3n) is 3.97. The van der Waals surface area contributed by atoms with Crippen molar-refractivity contribution < 1.29 is 9.53 Å². The predicted octanol–water partition coefficient (Wildman–Crippen LogP) is 3.15. The second-order valence-electron chi connectivity index (χ2n) is 5.82. The van der Waals surface area contributed by atoms with E-state index in [0.29, 0.717) is 18.8 Å². The number of ether oxygens (including phenoxy) is 1. The minimum atomic E-state index is -0.139. The van der Waals surface area contributed by atoms with E-state index >= 15 is 0 Å². The molecule has 1 heterocycles. The van der Waals surface area contributed by atoms with Crippen LogP contribution in [0.25, 0.3) is 0 Å². The Morgan fingerprint density at radius 1 is 1.30 bits per heavy atom. The first-order valence-electron chi connectivity index (χ1n) is 8.44. The van der Waals surface area contributed by atoms with Crippen LogP contribution < -0.4 is 10.6 Å². The highest BCUT2D eigenvalue weighted by molar-refractivity contribution is 5.92. The highest BCUT2D eigenvalue weighted by Gasteiger charge is 2.07. The summed E-state index contributed by atoms with van der Waals surface area (Å²) < 4.78 is 4.95. The van der Waals surface area contributed by atoms with Gasteiger partial charge in [-0.3, -0.25) is 4.79 Å². The van der Waals surface area contributed by atoms with Gasteiger partial charge in [0.15, 0.2) is 0 Å². The largest absolute Gasteiger partial charge is 0.385 e. The van der Waals surface area contributed by atoms with E-state index in [9.17, 15) is 4.79 Å². The monoisotopic (exact) mass is 317 g/mol. The van der Waals surface area contributed by atoms with Gasteiger partial charge in [0.2, 0.25) is 0 Å². The van der Waals surface area contributed by atoms with Crippen LogP contribution in [0.1, 0.15) is 49.0 Å². The average Bonchev–Trinajstić information content (AvgIpc) is 2.60. The number of hydrogen-bond acceptors (Lipinski definition) is 4. The van der Waals surface area contributed by atoms with Crippen molar-refractivity contribution in [3.8, 4) is 0 Å². The Morgan fingerprint density at radius 2 is 2.22 bits per heavy atom. The number of rotatable bonds is 9. The number of pyridine rings is 1. The van der Waals surface area contributed by atoms with Crippen LogP contribution in [0.3, 0.4) is 0 Å². The van der Waals surface area contributed by atoms with Crippen LogP contribution in [0.5, 0.6) is 0 Å². The Kier molecular flexibility index (Phi) is 7.60. The maximum absolute atomic E-state index is 11.9. The lowest BCUT2D eigenvalue weighted by atomic mass is 9.97. The maximum Gasteiger partial charge on any atom is 0.269 e. The molecule has 23 heavy (non-hydrogen) atoms. The summed E-state index contributed by atoms with van der Waals surface area (Å²) in [4.78, 5) is 16.1. The number of hydrogen-bond donors (Lipinski definition) is 2. The SMILES string of the molecule is COCCCNC(=O)c1ccc(NCCC2=CCCCC2)cn1. The summed E-state index contributed by atoms with van der Waals surface area (Å²) >= 11 is 0. The van der Waals surface area contributed by atoms with Gasteiger partial charge in [-0.1, -0.05) is 11.6 Å². The van der Waals surface area contributed by atoms with Crippen LogP contribution in [0, 0.1) is 0 Å². The molecule has 5 nitrogen and oxygen atoms in total. The molecule has 5 heteroatoms. The molecule has 0 saturated carbocycles. The Morgan fingerprint density at radius 3 is 2.91 bits per heavy atom. The lowest BCUT2D eigenvalue weighted by molar-refractivity contribution is 0.0943. The van der Waals surface area contributed by atoms with E-state index in [1.165, 1.54) is 25.7 Å². The number of carbonyl (C=O) groups is 1. The summed E-state index contributed by atoms with van der Waals surface area (Å²) in [6.07, 6.45) is 11.1. The van der Waals surface area contributed by atoms with Crippen LogP contribution >= 0.6 is 0 Å². The molecule has 1 aliphatic rings. The standard InChI is InChI=1S/C18H27N3O2/c1-23-13-5-11-20-18(22)17-9-8-16(14-21-17)19-12-10-15-6-3-2-4-7-15/h6,8-9,14,19H,2-5,7,10-13H2,1H3,(H,20,22). The van der Waals surface area contributed by atoms with Crippen LogP contribution in [0.4, 0.5) is 5.69 Å². The van der Waals surface area contributed by atoms with Crippen LogP contribution in [0.15, 0.2) is 30.0 Å². The topological polar surface area (TPSA) is 63.2 Å². The van der Waals surface area contributed by atoms with Crippen molar-refractivity contribution in [1.29, 1.82) is 0 Å². The van der Waals surface area contributed by atoms with Crippen molar-refractivity contribution in [2.75, 3.05) is 32.1 Å². The van der Waals surface area contributed by atoms with Gasteiger partial charge in [-0.2, -0.15) is 0 Å². The Hall–Kier alpha value is -1.88. The molecular formula is C18H27N3O2. The predicted molar refractivity (Wildman–Crippen MR) is 92.7 cm³/mol. The zero-order valence-electron chi connectivity index (χ0n) is 13.9. The summed E-state index contributed by atoms with van der Waals surface area (Å²) in [6.45, 7) is 2.16. The molecule has 0 aliphatic heterocycles. The van der Waals surface area contributed by atoms with Gasteiger partial charge in [0.25, 0.3) is 5.91 Å². The van der Waals surface area contributed by atoms with E-state index in [0.717, 1.165) is 25.1 Å². The molecule has 2 rings (SSSR count). The van der Waals surface area contributed by atoms with Gasteiger partial charge in [0.1, 0.15) is 5.69 Å². The summed E-state index contributed by atoms with van der Waals surface area (Å²) in [6, 6.07) is 3.67. The first-order valence-corrected chi connectivity index (χ1v) is 8.44. The molecule has 2 N–H and O–H groups in total. The first kappa shape index (κ1) is 17.5. The number of amides is 1. The molecule has 0 spiro atoms. The molecular weight excluding hydrogens is 290 g/mol. The minimum Gasteiger partial charge on any atom is -0.385 e. The Bertz CT molecular complexity index is 512. The van der Waals surface area contributed by atoms with Gasteiger partial charge in [-0.05, 0) is 50.7 Å². The number of aromatic nitrogens is 1. The number of carbonyl (C=O) groups excluding carboxylic acids is 1. The molecule has 0 fully saturated rings. The molecule has 126 valence electrons. The van der Waals surface area contributed by atoms with Gasteiger partial charge >= 0.3 is 0 Å². The zero-order chi connectivity index (χ0) is 16.3. The third-order valence-corrected chi connectivity index (χ3v) is 3.97. The van der Waals surface area contributed by atoms with Crippen molar-refractivity contribution in [2.45, 2.75) is 38.5 Å². The average molecular weight is 317 g/mol. The van der Waals surface area contributed by atoms with E-state index in [2.05, 4.69) is 21.7 Å². The second-order valence-corrected chi connectivity index (χ2v) is 5.82. The zero-order valence-corrected chi connectivity index (χ0v) is 13.9. The van der Waals surface area contributed by atoms with Crippen LogP contribution in [-0.2, 0) is 4.74 Å². The first-order chi connectivity index (χ1) is 11.3. The van der Waals surface area contributed by atoms with Gasteiger partial charge in [0, 0.05) is 26.8 Å². The van der Waals surface area contributed by atoms with Gasteiger partial charge in [0.05, 0.1) is 11.9 Å². The second kappa shape index (κ2) is 10.0. The van der Waals surface area contributed by atoms with E-state index in [1.54, 1.807) is 24.9 Å². The van der Waals surface area contributed by atoms with Crippen molar-refractivity contribution in [3.05, 3.63) is 35.7 Å². The molecule has 0 aromatic carbocycles. The molecule has 0 unspecified atom stereocenters. The molecule has 0 saturated heterocycles. The Labute approximate surface area is 138 Å². The van der Waals surface area contributed by atoms with E-state index < -0.39 is 0 Å². The van der Waals surface area contributed by atoms with E-state index in [1.807, 2.05) is 6.07 Å². The van der Waals surface area contributed by atoms with E-state index in [4.69, 9.17) is 4.74 Å². The smallest absolute Gasteiger partial charge is 0.269 e. The molecule has 0 atom stereocenters. The van der Waals surface area contributed by atoms with Crippen LogP contribution in [-0.4, -0.2) is 37.7 Å². The lowest BCUT2D eigenvalue weighted by Gasteiger charge is -2.13. The van der Waals surface area contributed by atoms with Crippen molar-refractivity contribution in [1.82, 2.24) is 10.3 Å². The fraction of sp³-hybridized carbons (Fsp3) is 0.556. The summed E-state index contributed by atoms with van der Waals surface area (Å²) in [5, 5.41) is 6.20. The number of nitrogens with one attached hydrogen (secondary N) is 2. The van der Waals surface area contributed by atoms with Crippen LogP contribution in [0.2, 0.25) is 0 Å². The molecule has 1 aromatic heterocycles. The van der Waals surface area contributed by atoms with Crippen molar-refractivity contribution in [2.24, 2.45) is 0 Å². The summed E-state index contributed by atoms with van der Waals surface area (Å²) in [5.74, 6) is -0.139. The van der Waals surface area contributed by atoms with Crippen molar-refractivity contribution >= 4 is 11.6 Å². The Balaban J connectivity index is 1.71. The highest BCUT2D eigenvalue weighted by atomic mass is 16.5. The molecule has 1 aliphatic carbocycles. The van der Waals surface area contributed by atoms with Crippen molar-refractivity contribution in [3.63, 3.8) is 0 Å². The number of methoxy groups -OCH3 is 1. The van der Waals surface area contributed by atoms with Gasteiger partial charge < -0.3 is 15.4 Å². The molecule has 0 radical (unpaired) electrons.